The normalized spacial score (nSPS) is 16.2. The predicted octanol–water partition coefficient (Wildman–Crippen LogP) is 3.21. The fraction of sp³-hybridized carbons (Fsp3) is 0.389. The Balaban J connectivity index is 1.52. The first-order chi connectivity index (χ1) is 12.2. The Morgan fingerprint density at radius 3 is 2.76 bits per heavy atom. The first kappa shape index (κ1) is 15.0. The summed E-state index contributed by atoms with van der Waals surface area (Å²) in [5.41, 5.74) is 3.88. The number of thiophene rings is 1. The number of hydrogen-bond donors (Lipinski definition) is 1. The van der Waals surface area contributed by atoms with Crippen LogP contribution in [0.25, 0.3) is 21.7 Å². The highest BCUT2D eigenvalue weighted by molar-refractivity contribution is 7.19. The number of rotatable bonds is 2. The molecule has 0 unspecified atom stereocenters. The second-order valence-electron chi connectivity index (χ2n) is 6.79. The Hall–Kier alpha value is -2.25. The standard InChI is InChI=1S/C18H20N6S/c1-11-8-23-10-17(21-18(23)12(2)20-11)24-9-16-14(22-24)7-15(25-16)13-3-5-19-6-4-13/h7-10,13,19H,3-6H2,1-2H3. The van der Waals surface area contributed by atoms with Gasteiger partial charge < -0.3 is 9.72 Å². The molecular formula is C18H20N6S. The van der Waals surface area contributed by atoms with Crippen LogP contribution in [0, 0.1) is 13.8 Å². The minimum Gasteiger partial charge on any atom is -0.317 e. The minimum absolute atomic E-state index is 0.681. The summed E-state index contributed by atoms with van der Waals surface area (Å²) in [6, 6.07) is 2.26. The lowest BCUT2D eigenvalue weighted by atomic mass is 9.96. The van der Waals surface area contributed by atoms with Crippen molar-refractivity contribution in [1.29, 1.82) is 0 Å². The van der Waals surface area contributed by atoms with Crippen LogP contribution in [0.15, 0.2) is 24.7 Å². The van der Waals surface area contributed by atoms with Gasteiger partial charge in [0.25, 0.3) is 0 Å². The number of fused-ring (bicyclic) bond motifs is 2. The van der Waals surface area contributed by atoms with E-state index in [0.717, 1.165) is 41.5 Å². The molecule has 4 aromatic heterocycles. The van der Waals surface area contributed by atoms with Crippen LogP contribution in [0.2, 0.25) is 0 Å². The molecule has 5 heterocycles. The predicted molar refractivity (Wildman–Crippen MR) is 99.8 cm³/mol. The van der Waals surface area contributed by atoms with E-state index in [1.807, 2.05) is 46.7 Å². The number of imidazole rings is 1. The van der Waals surface area contributed by atoms with E-state index in [0.29, 0.717) is 5.92 Å². The van der Waals surface area contributed by atoms with Crippen LogP contribution < -0.4 is 5.32 Å². The zero-order chi connectivity index (χ0) is 17.0. The van der Waals surface area contributed by atoms with Crippen molar-refractivity contribution in [3.05, 3.63) is 40.9 Å². The van der Waals surface area contributed by atoms with Crippen molar-refractivity contribution in [2.75, 3.05) is 13.1 Å². The minimum atomic E-state index is 0.681. The molecule has 1 saturated heterocycles. The van der Waals surface area contributed by atoms with Gasteiger partial charge in [-0.15, -0.1) is 11.3 Å². The summed E-state index contributed by atoms with van der Waals surface area (Å²) < 4.78 is 5.15. The third-order valence-corrected chi connectivity index (χ3v) is 6.13. The van der Waals surface area contributed by atoms with Crippen molar-refractivity contribution in [3.8, 4) is 5.82 Å². The van der Waals surface area contributed by atoms with Crippen molar-refractivity contribution in [1.82, 2.24) is 29.5 Å². The molecule has 5 rings (SSSR count). The summed E-state index contributed by atoms with van der Waals surface area (Å²) >= 11 is 1.87. The monoisotopic (exact) mass is 352 g/mol. The van der Waals surface area contributed by atoms with Crippen LogP contribution in [0.5, 0.6) is 0 Å². The van der Waals surface area contributed by atoms with Gasteiger partial charge >= 0.3 is 0 Å². The van der Waals surface area contributed by atoms with E-state index in [9.17, 15) is 0 Å². The molecule has 0 aromatic carbocycles. The second-order valence-corrected chi connectivity index (χ2v) is 7.91. The average molecular weight is 352 g/mol. The molecule has 1 aliphatic rings. The number of aryl methyl sites for hydroxylation is 2. The van der Waals surface area contributed by atoms with Crippen LogP contribution in [0.1, 0.15) is 35.0 Å². The van der Waals surface area contributed by atoms with Crippen LogP contribution in [-0.4, -0.2) is 37.2 Å². The molecule has 128 valence electrons. The van der Waals surface area contributed by atoms with Gasteiger partial charge in [-0.1, -0.05) is 0 Å². The lowest BCUT2D eigenvalue weighted by Gasteiger charge is -2.21. The zero-order valence-corrected chi connectivity index (χ0v) is 15.2. The van der Waals surface area contributed by atoms with Crippen molar-refractivity contribution in [3.63, 3.8) is 0 Å². The maximum absolute atomic E-state index is 4.76. The smallest absolute Gasteiger partial charge is 0.172 e. The van der Waals surface area contributed by atoms with E-state index >= 15 is 0 Å². The SMILES string of the molecule is Cc1cn2cc(-n3cc4sc(C5CCNCC5)cc4n3)nc2c(C)n1. The van der Waals surface area contributed by atoms with Gasteiger partial charge in [-0.3, -0.25) is 4.98 Å². The Labute approximate surface area is 149 Å². The van der Waals surface area contributed by atoms with Crippen molar-refractivity contribution >= 4 is 27.2 Å². The molecule has 0 aliphatic carbocycles. The summed E-state index contributed by atoms with van der Waals surface area (Å²) in [4.78, 5) is 10.7. The van der Waals surface area contributed by atoms with Crippen LogP contribution >= 0.6 is 11.3 Å². The summed E-state index contributed by atoms with van der Waals surface area (Å²) in [7, 11) is 0. The molecule has 25 heavy (non-hydrogen) atoms. The average Bonchev–Trinajstić information content (AvgIpc) is 3.27. The molecule has 0 spiro atoms. The first-order valence-electron chi connectivity index (χ1n) is 8.70. The second kappa shape index (κ2) is 5.64. The summed E-state index contributed by atoms with van der Waals surface area (Å²) in [6.45, 7) is 6.23. The van der Waals surface area contributed by atoms with Gasteiger partial charge in [-0.05, 0) is 51.8 Å². The van der Waals surface area contributed by atoms with Gasteiger partial charge in [0.2, 0.25) is 0 Å². The largest absolute Gasteiger partial charge is 0.317 e. The van der Waals surface area contributed by atoms with E-state index in [1.54, 1.807) is 0 Å². The molecule has 1 aliphatic heterocycles. The van der Waals surface area contributed by atoms with Gasteiger partial charge in [0.15, 0.2) is 11.5 Å². The van der Waals surface area contributed by atoms with Crippen LogP contribution in [0.4, 0.5) is 0 Å². The molecule has 0 radical (unpaired) electrons. The Morgan fingerprint density at radius 1 is 1.12 bits per heavy atom. The topological polar surface area (TPSA) is 60.0 Å². The number of nitrogens with one attached hydrogen (secondary N) is 1. The maximum Gasteiger partial charge on any atom is 0.172 e. The molecular weight excluding hydrogens is 332 g/mol. The quantitative estimate of drug-likeness (QED) is 0.602. The van der Waals surface area contributed by atoms with Crippen molar-refractivity contribution < 1.29 is 0 Å². The molecule has 1 N–H and O–H groups in total. The maximum atomic E-state index is 4.76. The molecule has 0 amide bonds. The zero-order valence-electron chi connectivity index (χ0n) is 14.4. The highest BCUT2D eigenvalue weighted by Crippen LogP contribution is 2.35. The first-order valence-corrected chi connectivity index (χ1v) is 9.52. The Kier molecular flexibility index (Phi) is 3.39. The van der Waals surface area contributed by atoms with Gasteiger partial charge in [-0.2, -0.15) is 5.10 Å². The van der Waals surface area contributed by atoms with E-state index in [-0.39, 0.29) is 0 Å². The van der Waals surface area contributed by atoms with Crippen molar-refractivity contribution in [2.45, 2.75) is 32.6 Å². The third-order valence-electron chi connectivity index (χ3n) is 4.90. The molecule has 1 fully saturated rings. The van der Waals surface area contributed by atoms with E-state index in [1.165, 1.54) is 22.4 Å². The molecule has 0 bridgehead atoms. The number of nitrogens with zero attached hydrogens (tertiary/aromatic N) is 5. The lowest BCUT2D eigenvalue weighted by Crippen LogP contribution is -2.26. The number of aromatic nitrogens is 5. The van der Waals surface area contributed by atoms with Gasteiger partial charge in [0.05, 0.1) is 28.5 Å². The summed E-state index contributed by atoms with van der Waals surface area (Å²) in [6.07, 6.45) is 8.56. The number of hydrogen-bond acceptors (Lipinski definition) is 5. The lowest BCUT2D eigenvalue weighted by molar-refractivity contribution is 0.465. The fourth-order valence-electron chi connectivity index (χ4n) is 3.67. The summed E-state index contributed by atoms with van der Waals surface area (Å²) in [5.74, 6) is 1.52. The van der Waals surface area contributed by atoms with E-state index < -0.39 is 0 Å². The third kappa shape index (κ3) is 2.54. The van der Waals surface area contributed by atoms with E-state index in [2.05, 4.69) is 22.6 Å². The molecule has 0 saturated carbocycles. The summed E-state index contributed by atoms with van der Waals surface area (Å²) in [5, 5.41) is 8.19. The Morgan fingerprint density at radius 2 is 1.96 bits per heavy atom. The fourth-order valence-corrected chi connectivity index (χ4v) is 4.85. The van der Waals surface area contributed by atoms with E-state index in [4.69, 9.17) is 10.1 Å². The Bertz CT molecular complexity index is 1030. The van der Waals surface area contributed by atoms with Crippen LogP contribution in [0.3, 0.4) is 0 Å². The highest BCUT2D eigenvalue weighted by atomic mass is 32.1. The highest BCUT2D eigenvalue weighted by Gasteiger charge is 2.19. The van der Waals surface area contributed by atoms with Gasteiger partial charge in [-0.25, -0.2) is 9.67 Å². The molecule has 6 nitrogen and oxygen atoms in total. The molecule has 4 aromatic rings. The molecule has 7 heteroatoms. The number of piperidine rings is 1. The van der Waals surface area contributed by atoms with Gasteiger partial charge in [0.1, 0.15) is 5.52 Å². The molecule has 0 atom stereocenters. The van der Waals surface area contributed by atoms with Crippen LogP contribution in [-0.2, 0) is 0 Å². The van der Waals surface area contributed by atoms with Gasteiger partial charge in [0, 0.05) is 11.1 Å². The van der Waals surface area contributed by atoms with Crippen molar-refractivity contribution in [2.24, 2.45) is 0 Å².